The maximum atomic E-state index is 13.0. The van der Waals surface area contributed by atoms with E-state index >= 15 is 0 Å². The van der Waals surface area contributed by atoms with Crippen molar-refractivity contribution in [3.63, 3.8) is 0 Å². The fraction of sp³-hybridized carbons (Fsp3) is 0.519. The van der Waals surface area contributed by atoms with E-state index in [0.29, 0.717) is 29.6 Å². The summed E-state index contributed by atoms with van der Waals surface area (Å²) in [4.78, 5) is 29.9. The second-order valence-corrected chi connectivity index (χ2v) is 5.68. The first-order valence-electron chi connectivity index (χ1n) is 11.7. The Balaban J connectivity index is -0.000000945. The predicted octanol–water partition coefficient (Wildman–Crippen LogP) is 7.58. The van der Waals surface area contributed by atoms with Crippen LogP contribution in [0.5, 0.6) is 0 Å². The van der Waals surface area contributed by atoms with Crippen LogP contribution in [0.1, 0.15) is 92.4 Å². The molecule has 1 aliphatic carbocycles. The number of ketones is 1. The molecule has 1 aliphatic rings. The Labute approximate surface area is 196 Å². The van der Waals surface area contributed by atoms with E-state index in [9.17, 15) is 9.59 Å². The van der Waals surface area contributed by atoms with Gasteiger partial charge in [-0.3, -0.25) is 4.79 Å². The summed E-state index contributed by atoms with van der Waals surface area (Å²) in [6.45, 7) is 20.0. The van der Waals surface area contributed by atoms with Crippen molar-refractivity contribution in [1.82, 2.24) is 0 Å². The summed E-state index contributed by atoms with van der Waals surface area (Å²) in [5.74, 6) is -0.720. The highest BCUT2D eigenvalue weighted by molar-refractivity contribution is 6.44. The third-order valence-corrected chi connectivity index (χ3v) is 4.13. The van der Waals surface area contributed by atoms with Crippen molar-refractivity contribution in [2.75, 3.05) is 14.2 Å². The van der Waals surface area contributed by atoms with Crippen LogP contribution in [0, 0.1) is 0 Å². The minimum Gasteiger partial charge on any atom is -0.464 e. The lowest BCUT2D eigenvalue weighted by Gasteiger charge is -2.22. The number of esters is 1. The highest BCUT2D eigenvalue weighted by atomic mass is 16.6. The van der Waals surface area contributed by atoms with Crippen molar-refractivity contribution in [2.45, 2.75) is 82.1 Å². The molecule has 0 N–H and O–H groups in total. The summed E-state index contributed by atoms with van der Waals surface area (Å²) in [6, 6.07) is 9.01. The molecule has 0 spiro atoms. The van der Waals surface area contributed by atoms with Gasteiger partial charge in [0.15, 0.2) is 11.5 Å². The number of allylic oxidation sites excluding steroid dienone is 3. The first kappa shape index (κ1) is 33.9. The molecule has 1 aromatic rings. The standard InChI is InChI=1S/C19H21NO4.4C2H6/c1-12-10-15(17(20-24-4)19(22)23-3)16(11-13(12)2)18(21)14-8-6-5-7-9-14;4*1-2/h5-9H,10-11H2,1-4H3;4*1-2H3/b20-17-;;;;. The number of carbonyl (C=O) groups is 2. The molecule has 5 heteroatoms. The average Bonchev–Trinajstić information content (AvgIpc) is 2.88. The molecule has 0 aliphatic heterocycles. The summed E-state index contributed by atoms with van der Waals surface area (Å²) < 4.78 is 4.80. The van der Waals surface area contributed by atoms with E-state index in [1.807, 2.05) is 87.4 Å². The van der Waals surface area contributed by atoms with Crippen LogP contribution in [0.2, 0.25) is 0 Å². The highest BCUT2D eigenvalue weighted by Crippen LogP contribution is 2.32. The van der Waals surface area contributed by atoms with Gasteiger partial charge in [0.25, 0.3) is 0 Å². The molecule has 0 heterocycles. The van der Waals surface area contributed by atoms with E-state index in [1.54, 1.807) is 12.1 Å². The second kappa shape index (κ2) is 21.5. The fourth-order valence-electron chi connectivity index (χ4n) is 2.66. The van der Waals surface area contributed by atoms with Gasteiger partial charge in [-0.05, 0) is 26.7 Å². The van der Waals surface area contributed by atoms with Crippen LogP contribution in [0.4, 0.5) is 0 Å². The molecule has 0 atom stereocenters. The predicted molar refractivity (Wildman–Crippen MR) is 137 cm³/mol. The molecule has 0 bridgehead atoms. The van der Waals surface area contributed by atoms with Crippen molar-refractivity contribution in [3.8, 4) is 0 Å². The van der Waals surface area contributed by atoms with Gasteiger partial charge in [-0.1, -0.05) is 102 Å². The van der Waals surface area contributed by atoms with Gasteiger partial charge in [-0.25, -0.2) is 4.79 Å². The van der Waals surface area contributed by atoms with E-state index < -0.39 is 5.97 Å². The zero-order valence-corrected chi connectivity index (χ0v) is 22.4. The lowest BCUT2D eigenvalue weighted by atomic mass is 9.82. The van der Waals surface area contributed by atoms with Crippen molar-refractivity contribution < 1.29 is 19.2 Å². The van der Waals surface area contributed by atoms with Crippen LogP contribution in [0.3, 0.4) is 0 Å². The number of benzene rings is 1. The van der Waals surface area contributed by atoms with Crippen LogP contribution in [0.25, 0.3) is 0 Å². The third-order valence-electron chi connectivity index (χ3n) is 4.13. The number of hydrogen-bond acceptors (Lipinski definition) is 5. The number of ether oxygens (including phenoxy) is 1. The number of methoxy groups -OCH3 is 1. The van der Waals surface area contributed by atoms with Crippen molar-refractivity contribution in [2.24, 2.45) is 5.16 Å². The van der Waals surface area contributed by atoms with Gasteiger partial charge in [0.05, 0.1) is 7.11 Å². The van der Waals surface area contributed by atoms with Crippen molar-refractivity contribution >= 4 is 17.5 Å². The van der Waals surface area contributed by atoms with E-state index in [-0.39, 0.29) is 11.5 Å². The molecule has 2 rings (SSSR count). The quantitative estimate of drug-likeness (QED) is 0.153. The molecule has 0 fully saturated rings. The SMILES string of the molecule is CC.CC.CC.CC.CO/N=C(\C(=O)OC)C1=C(C(=O)c2ccccc2)CC(C)=C(C)C1. The minimum absolute atomic E-state index is 0.0473. The van der Waals surface area contributed by atoms with Gasteiger partial charge in [-0.15, -0.1) is 0 Å². The molecule has 1 aromatic carbocycles. The lowest BCUT2D eigenvalue weighted by Crippen LogP contribution is -2.24. The summed E-state index contributed by atoms with van der Waals surface area (Å²) >= 11 is 0. The summed E-state index contributed by atoms with van der Waals surface area (Å²) in [5, 5.41) is 3.81. The number of Topliss-reactive ketones (excluding diaryl/α,β-unsaturated/α-hetero) is 1. The third kappa shape index (κ3) is 10.6. The Morgan fingerprint density at radius 2 is 1.19 bits per heavy atom. The van der Waals surface area contributed by atoms with E-state index in [0.717, 1.165) is 11.1 Å². The van der Waals surface area contributed by atoms with Crippen molar-refractivity contribution in [3.05, 3.63) is 58.2 Å². The highest BCUT2D eigenvalue weighted by Gasteiger charge is 2.29. The van der Waals surface area contributed by atoms with Gasteiger partial charge in [0.2, 0.25) is 0 Å². The summed E-state index contributed by atoms with van der Waals surface area (Å²) in [7, 11) is 2.64. The fourth-order valence-corrected chi connectivity index (χ4v) is 2.66. The zero-order chi connectivity index (χ0) is 25.7. The van der Waals surface area contributed by atoms with Gasteiger partial charge in [0, 0.05) is 16.7 Å². The molecule has 0 saturated carbocycles. The Kier molecular flexibility index (Phi) is 22.8. The number of hydrogen-bond donors (Lipinski definition) is 0. The molecule has 0 unspecified atom stereocenters. The molecule has 182 valence electrons. The zero-order valence-electron chi connectivity index (χ0n) is 22.4. The molecule has 0 amide bonds. The van der Waals surface area contributed by atoms with E-state index in [4.69, 9.17) is 9.57 Å². The normalized spacial score (nSPS) is 12.3. The van der Waals surface area contributed by atoms with Gasteiger partial charge < -0.3 is 9.57 Å². The maximum Gasteiger partial charge on any atom is 0.360 e. The van der Waals surface area contributed by atoms with Crippen molar-refractivity contribution in [1.29, 1.82) is 0 Å². The Bertz CT molecular complexity index is 744. The Morgan fingerprint density at radius 3 is 1.59 bits per heavy atom. The number of oxime groups is 1. The topological polar surface area (TPSA) is 65.0 Å². The smallest absolute Gasteiger partial charge is 0.360 e. The number of carbonyl (C=O) groups excluding carboxylic acids is 2. The van der Waals surface area contributed by atoms with Crippen LogP contribution in [0.15, 0.2) is 57.8 Å². The summed E-state index contributed by atoms with van der Waals surface area (Å²) in [5.41, 5.74) is 4.00. The van der Waals surface area contributed by atoms with Crippen LogP contribution < -0.4 is 0 Å². The summed E-state index contributed by atoms with van der Waals surface area (Å²) in [6.07, 6.45) is 0.950. The molecule has 0 aromatic heterocycles. The Morgan fingerprint density at radius 1 is 0.750 bits per heavy atom. The van der Waals surface area contributed by atoms with E-state index in [1.165, 1.54) is 14.2 Å². The molecule has 0 radical (unpaired) electrons. The van der Waals surface area contributed by atoms with Crippen LogP contribution in [-0.2, 0) is 14.4 Å². The van der Waals surface area contributed by atoms with Crippen LogP contribution >= 0.6 is 0 Å². The molecular formula is C27H45NO4. The minimum atomic E-state index is -0.613. The monoisotopic (exact) mass is 447 g/mol. The first-order valence-corrected chi connectivity index (χ1v) is 11.7. The van der Waals surface area contributed by atoms with Gasteiger partial charge in [-0.2, -0.15) is 0 Å². The molecule has 32 heavy (non-hydrogen) atoms. The van der Waals surface area contributed by atoms with Gasteiger partial charge in [0.1, 0.15) is 7.11 Å². The van der Waals surface area contributed by atoms with E-state index in [2.05, 4.69) is 5.16 Å². The second-order valence-electron chi connectivity index (χ2n) is 5.68. The molecular weight excluding hydrogens is 402 g/mol. The largest absolute Gasteiger partial charge is 0.464 e. The number of nitrogens with zero attached hydrogens (tertiary/aromatic N) is 1. The molecule has 0 saturated heterocycles. The number of rotatable bonds is 5. The Hall–Kier alpha value is -2.69. The van der Waals surface area contributed by atoms with Crippen LogP contribution in [-0.4, -0.2) is 31.7 Å². The molecule has 5 nitrogen and oxygen atoms in total. The first-order chi connectivity index (χ1) is 15.5. The average molecular weight is 448 g/mol. The van der Waals surface area contributed by atoms with Gasteiger partial charge >= 0.3 is 5.97 Å². The maximum absolute atomic E-state index is 13.0. The lowest BCUT2D eigenvalue weighted by molar-refractivity contribution is -0.132.